The second kappa shape index (κ2) is 13.3. The van der Waals surface area contributed by atoms with Gasteiger partial charge in [-0.05, 0) is 111 Å². The summed E-state index contributed by atoms with van der Waals surface area (Å²) in [5.74, 6) is 0.948. The number of anilines is 2. The molecule has 0 fully saturated rings. The Morgan fingerprint density at radius 3 is 2.54 bits per heavy atom. The van der Waals surface area contributed by atoms with E-state index in [9.17, 15) is 0 Å². The molecule has 6 aliphatic rings. The summed E-state index contributed by atoms with van der Waals surface area (Å²) in [4.78, 5) is 8.13. The van der Waals surface area contributed by atoms with E-state index in [4.69, 9.17) is 0 Å². The van der Waals surface area contributed by atoms with Gasteiger partial charge in [0.25, 0.3) is 0 Å². The topological polar surface area (TPSA) is 9.72 Å². The van der Waals surface area contributed by atoms with Crippen LogP contribution in [0.25, 0.3) is 20.2 Å². The lowest BCUT2D eigenvalue weighted by atomic mass is 9.82. The van der Waals surface area contributed by atoms with Crippen molar-refractivity contribution < 1.29 is 0 Å². The van der Waals surface area contributed by atoms with Crippen LogP contribution in [0, 0.1) is 11.8 Å². The molecule has 52 heavy (non-hydrogen) atoms. The van der Waals surface area contributed by atoms with E-state index in [0.717, 1.165) is 45.1 Å². The van der Waals surface area contributed by atoms with E-state index in [0.29, 0.717) is 30.0 Å². The highest BCUT2D eigenvalue weighted by Gasteiger charge is 2.41. The summed E-state index contributed by atoms with van der Waals surface area (Å²) in [5, 5.41) is 2.74. The van der Waals surface area contributed by atoms with Crippen molar-refractivity contribution in [1.29, 1.82) is 0 Å². The predicted molar refractivity (Wildman–Crippen MR) is 222 cm³/mol. The van der Waals surface area contributed by atoms with Crippen LogP contribution in [0.1, 0.15) is 51.9 Å². The zero-order chi connectivity index (χ0) is 34.6. The van der Waals surface area contributed by atoms with Gasteiger partial charge < -0.3 is 14.7 Å². The third-order valence-electron chi connectivity index (χ3n) is 12.4. The molecule has 3 aromatic carbocycles. The Morgan fingerprint density at radius 2 is 1.63 bits per heavy atom. The van der Waals surface area contributed by atoms with Crippen molar-refractivity contribution in [3.05, 3.63) is 168 Å². The van der Waals surface area contributed by atoms with Crippen LogP contribution < -0.4 is 9.80 Å². The van der Waals surface area contributed by atoms with Crippen molar-refractivity contribution >= 4 is 42.9 Å². The van der Waals surface area contributed by atoms with Crippen molar-refractivity contribution in [3.63, 3.8) is 0 Å². The molecule has 1 aromatic heterocycles. The Balaban J connectivity index is 1.03. The van der Waals surface area contributed by atoms with Crippen molar-refractivity contribution in [2.75, 3.05) is 16.3 Å². The minimum absolute atomic E-state index is 0.305. The van der Waals surface area contributed by atoms with Crippen LogP contribution in [-0.2, 0) is 0 Å². The number of thiophene rings is 1. The summed E-state index contributed by atoms with van der Waals surface area (Å²) in [6.07, 6.45) is 34.3. The molecule has 2 aliphatic heterocycles. The maximum absolute atomic E-state index is 2.74. The molecule has 3 heterocycles. The minimum atomic E-state index is 0.305. The van der Waals surface area contributed by atoms with E-state index in [1.54, 1.807) is 11.1 Å². The van der Waals surface area contributed by atoms with Gasteiger partial charge in [0.05, 0.1) is 12.1 Å². The molecule has 0 radical (unpaired) electrons. The average molecular weight is 698 g/mol. The molecule has 3 nitrogen and oxygen atoms in total. The summed E-state index contributed by atoms with van der Waals surface area (Å²) in [6.45, 7) is 3.39. The highest BCUT2D eigenvalue weighted by atomic mass is 32.1. The molecular formula is C48H47N3S. The fraction of sp³-hybridized carbons (Fsp3) is 0.292. The Labute approximate surface area is 312 Å². The highest BCUT2D eigenvalue weighted by molar-refractivity contribution is 7.25. The fourth-order valence-electron chi connectivity index (χ4n) is 10.0. The number of allylic oxidation sites excluding steroid dienone is 7. The Morgan fingerprint density at radius 1 is 0.769 bits per heavy atom. The third kappa shape index (κ3) is 5.37. The lowest BCUT2D eigenvalue weighted by molar-refractivity contribution is 0.342. The Hall–Kier alpha value is -4.80. The first-order chi connectivity index (χ1) is 25.7. The summed E-state index contributed by atoms with van der Waals surface area (Å²) in [6, 6.07) is 28.5. The van der Waals surface area contributed by atoms with Crippen LogP contribution in [0.2, 0.25) is 0 Å². The number of benzene rings is 3. The van der Waals surface area contributed by atoms with Gasteiger partial charge in [-0.2, -0.15) is 0 Å². The molecule has 10 rings (SSSR count). The van der Waals surface area contributed by atoms with Crippen LogP contribution >= 0.6 is 11.3 Å². The molecule has 0 spiro atoms. The van der Waals surface area contributed by atoms with E-state index < -0.39 is 0 Å². The average Bonchev–Trinajstić information content (AvgIpc) is 3.73. The van der Waals surface area contributed by atoms with Gasteiger partial charge in [-0.25, -0.2) is 0 Å². The van der Waals surface area contributed by atoms with Gasteiger partial charge in [0.1, 0.15) is 0 Å². The van der Waals surface area contributed by atoms with Crippen molar-refractivity contribution in [1.82, 2.24) is 4.90 Å². The van der Waals surface area contributed by atoms with E-state index >= 15 is 0 Å². The predicted octanol–water partition coefficient (Wildman–Crippen LogP) is 12.0. The van der Waals surface area contributed by atoms with E-state index in [1.807, 2.05) is 11.3 Å². The molecule has 0 saturated heterocycles. The maximum atomic E-state index is 2.74. The monoisotopic (exact) mass is 697 g/mol. The molecule has 4 aromatic rings. The fourth-order valence-corrected chi connectivity index (χ4v) is 11.1. The first-order valence-electron chi connectivity index (χ1n) is 19.5. The third-order valence-corrected chi connectivity index (χ3v) is 13.6. The molecule has 4 aliphatic carbocycles. The van der Waals surface area contributed by atoms with Crippen LogP contribution in [0.3, 0.4) is 0 Å². The number of rotatable bonds is 5. The van der Waals surface area contributed by atoms with E-state index in [2.05, 4.69) is 161 Å². The summed E-state index contributed by atoms with van der Waals surface area (Å²) in [7, 11) is 0. The zero-order valence-corrected chi connectivity index (χ0v) is 30.9. The SMILES string of the molecule is CC1C/C=C\CN(c2ccc3sc4ccccc4c3c2)C2CC=CC(N(c3ccccc3)C3CC=C(N4C5=C(CCC=C5)C5C=CC=CC54)CC3)=C12. The van der Waals surface area contributed by atoms with E-state index in [1.165, 1.54) is 55.1 Å². The summed E-state index contributed by atoms with van der Waals surface area (Å²) in [5.41, 5.74) is 10.2. The molecule has 0 amide bonds. The highest BCUT2D eigenvalue weighted by Crippen LogP contribution is 2.47. The number of nitrogens with zero attached hydrogens (tertiary/aromatic N) is 3. The molecule has 5 atom stereocenters. The van der Waals surface area contributed by atoms with Crippen molar-refractivity contribution in [2.24, 2.45) is 11.8 Å². The summed E-state index contributed by atoms with van der Waals surface area (Å²) >= 11 is 1.90. The normalized spacial score (nSPS) is 27.4. The molecular weight excluding hydrogens is 651 g/mol. The number of para-hydroxylation sites is 1. The molecule has 0 saturated carbocycles. The lowest BCUT2D eigenvalue weighted by Gasteiger charge is -2.45. The Bertz CT molecular complexity index is 2280. The van der Waals surface area contributed by atoms with Crippen LogP contribution in [0.15, 0.2) is 168 Å². The van der Waals surface area contributed by atoms with E-state index in [-0.39, 0.29) is 0 Å². The maximum Gasteiger partial charge on any atom is 0.0623 e. The largest absolute Gasteiger partial charge is 0.361 e. The Kier molecular flexibility index (Phi) is 8.17. The molecule has 5 unspecified atom stereocenters. The van der Waals surface area contributed by atoms with Gasteiger partial charge in [0.15, 0.2) is 0 Å². The van der Waals surface area contributed by atoms with Crippen LogP contribution in [0.5, 0.6) is 0 Å². The second-order valence-corrected chi connectivity index (χ2v) is 16.5. The second-order valence-electron chi connectivity index (χ2n) is 15.4. The number of hydrogen-bond donors (Lipinski definition) is 0. The van der Waals surface area contributed by atoms with Crippen molar-refractivity contribution in [3.8, 4) is 0 Å². The molecule has 4 heteroatoms. The molecule has 0 bridgehead atoms. The molecule has 260 valence electrons. The smallest absolute Gasteiger partial charge is 0.0623 e. The van der Waals surface area contributed by atoms with Crippen molar-refractivity contribution in [2.45, 2.75) is 70.0 Å². The zero-order valence-electron chi connectivity index (χ0n) is 30.1. The number of hydrogen-bond acceptors (Lipinski definition) is 4. The number of fused-ring (bicyclic) bond motifs is 6. The van der Waals surface area contributed by atoms with Gasteiger partial charge in [0.2, 0.25) is 0 Å². The quantitative estimate of drug-likeness (QED) is 0.192. The standard InChI is InChI=1S/C48H47N3S/c1-33-14-11-12-31-49(37-29-30-47-41(32-37)40-19-7-10-24-46(40)52-47)44-22-13-23-45(48(33)44)50(34-15-3-2-4-16-34)35-25-27-36(28-26-35)51-42-20-8-5-17-38(42)39-18-6-9-21-43(39)51/h2-5,7-13,15-17,19-21,23-24,27,29-30,32-33,35,38,42,44H,6,14,18,22,25-26,28,31H2,1H3/b12-11-. The summed E-state index contributed by atoms with van der Waals surface area (Å²) < 4.78 is 2.74. The van der Waals surface area contributed by atoms with Gasteiger partial charge in [-0.15, -0.1) is 11.3 Å². The van der Waals surface area contributed by atoms with Gasteiger partial charge >= 0.3 is 0 Å². The van der Waals surface area contributed by atoms with Crippen LogP contribution in [0.4, 0.5) is 11.4 Å². The first kappa shape index (κ1) is 31.9. The van der Waals surface area contributed by atoms with Gasteiger partial charge in [-0.1, -0.05) is 98.0 Å². The van der Waals surface area contributed by atoms with Gasteiger partial charge in [-0.3, -0.25) is 0 Å². The van der Waals surface area contributed by atoms with Crippen LogP contribution in [-0.4, -0.2) is 29.6 Å². The van der Waals surface area contributed by atoms with Gasteiger partial charge in [0, 0.05) is 67.1 Å². The first-order valence-corrected chi connectivity index (χ1v) is 20.4. The lowest BCUT2D eigenvalue weighted by Crippen LogP contribution is -2.45. The minimum Gasteiger partial charge on any atom is -0.361 e. The molecule has 0 N–H and O–H groups in total.